The van der Waals surface area contributed by atoms with Crippen molar-refractivity contribution in [2.75, 3.05) is 0 Å². The van der Waals surface area contributed by atoms with E-state index in [-0.39, 0.29) is 18.6 Å². The van der Waals surface area contributed by atoms with Crippen molar-refractivity contribution in [1.29, 1.82) is 0 Å². The highest BCUT2D eigenvalue weighted by molar-refractivity contribution is 5.99. The van der Waals surface area contributed by atoms with Crippen molar-refractivity contribution in [3.8, 4) is 0 Å². The summed E-state index contributed by atoms with van der Waals surface area (Å²) in [5, 5.41) is 0. The SMILES string of the molecule is O=C(Cc1ccccc1)C1=CCC(F)(F)C=C1. The number of rotatable bonds is 3. The van der Waals surface area contributed by atoms with Gasteiger partial charge in [0.25, 0.3) is 5.92 Å². The second kappa shape index (κ2) is 4.62. The Morgan fingerprint density at radius 3 is 2.53 bits per heavy atom. The third-order valence-electron chi connectivity index (χ3n) is 2.63. The summed E-state index contributed by atoms with van der Waals surface area (Å²) in [6.45, 7) is 0. The van der Waals surface area contributed by atoms with Gasteiger partial charge in [-0.1, -0.05) is 36.4 Å². The van der Waals surface area contributed by atoms with E-state index >= 15 is 0 Å². The summed E-state index contributed by atoms with van der Waals surface area (Å²) in [7, 11) is 0. The zero-order chi connectivity index (χ0) is 12.3. The van der Waals surface area contributed by atoms with Crippen LogP contribution in [-0.2, 0) is 11.2 Å². The highest BCUT2D eigenvalue weighted by Crippen LogP contribution is 2.26. The van der Waals surface area contributed by atoms with E-state index in [1.807, 2.05) is 30.3 Å². The van der Waals surface area contributed by atoms with Crippen molar-refractivity contribution >= 4 is 5.78 Å². The van der Waals surface area contributed by atoms with Crippen LogP contribution < -0.4 is 0 Å². The molecular formula is C14H12F2O. The molecule has 0 aliphatic heterocycles. The number of ketones is 1. The van der Waals surface area contributed by atoms with Crippen LogP contribution in [0.3, 0.4) is 0 Å². The van der Waals surface area contributed by atoms with Gasteiger partial charge in [-0.3, -0.25) is 4.79 Å². The Morgan fingerprint density at radius 2 is 1.94 bits per heavy atom. The smallest absolute Gasteiger partial charge is 0.270 e. The van der Waals surface area contributed by atoms with Gasteiger partial charge in [0.15, 0.2) is 5.78 Å². The lowest BCUT2D eigenvalue weighted by Crippen LogP contribution is -2.16. The standard InChI is InChI=1S/C14H12F2O/c15-14(16)8-6-12(7-9-14)13(17)10-11-4-2-1-3-5-11/h1-8H,9-10H2. The molecule has 0 radical (unpaired) electrons. The van der Waals surface area contributed by atoms with Gasteiger partial charge in [-0.25, -0.2) is 8.78 Å². The topological polar surface area (TPSA) is 17.1 Å². The molecule has 0 N–H and O–H groups in total. The molecule has 0 bridgehead atoms. The monoisotopic (exact) mass is 234 g/mol. The van der Waals surface area contributed by atoms with Crippen LogP contribution >= 0.6 is 0 Å². The number of Topliss-reactive ketones (excluding diaryl/α,β-unsaturated/α-hetero) is 1. The van der Waals surface area contributed by atoms with Gasteiger partial charge in [0.1, 0.15) is 0 Å². The molecule has 0 spiro atoms. The molecule has 2 rings (SSSR count). The molecule has 1 aliphatic carbocycles. The van der Waals surface area contributed by atoms with Crippen LogP contribution in [0, 0.1) is 0 Å². The summed E-state index contributed by atoms with van der Waals surface area (Å²) in [6.07, 6.45) is 3.19. The Hall–Kier alpha value is -1.77. The fraction of sp³-hybridized carbons (Fsp3) is 0.214. The molecule has 0 fully saturated rings. The fourth-order valence-electron chi connectivity index (χ4n) is 1.68. The zero-order valence-corrected chi connectivity index (χ0v) is 9.20. The number of hydrogen-bond acceptors (Lipinski definition) is 1. The van der Waals surface area contributed by atoms with Gasteiger partial charge < -0.3 is 0 Å². The van der Waals surface area contributed by atoms with Crippen LogP contribution in [0.1, 0.15) is 12.0 Å². The van der Waals surface area contributed by atoms with Crippen molar-refractivity contribution in [1.82, 2.24) is 0 Å². The Kier molecular flexibility index (Phi) is 3.18. The number of alkyl halides is 2. The van der Waals surface area contributed by atoms with E-state index in [0.717, 1.165) is 11.6 Å². The van der Waals surface area contributed by atoms with Crippen LogP contribution in [0.2, 0.25) is 0 Å². The average Bonchev–Trinajstić information content (AvgIpc) is 2.30. The summed E-state index contributed by atoms with van der Waals surface area (Å²) in [5.41, 5.74) is 1.27. The van der Waals surface area contributed by atoms with E-state index in [4.69, 9.17) is 0 Å². The van der Waals surface area contributed by atoms with Crippen molar-refractivity contribution < 1.29 is 13.6 Å². The van der Waals surface area contributed by atoms with Gasteiger partial charge in [0.2, 0.25) is 0 Å². The lowest BCUT2D eigenvalue weighted by atomic mass is 9.97. The van der Waals surface area contributed by atoms with E-state index in [9.17, 15) is 13.6 Å². The molecule has 3 heteroatoms. The van der Waals surface area contributed by atoms with Crippen molar-refractivity contribution in [3.63, 3.8) is 0 Å². The molecule has 88 valence electrons. The number of halogens is 2. The maximum atomic E-state index is 12.8. The minimum Gasteiger partial charge on any atom is -0.294 e. The van der Waals surface area contributed by atoms with E-state index < -0.39 is 5.92 Å². The maximum absolute atomic E-state index is 12.8. The average molecular weight is 234 g/mol. The number of allylic oxidation sites excluding steroid dienone is 4. The van der Waals surface area contributed by atoms with E-state index in [2.05, 4.69) is 0 Å². The van der Waals surface area contributed by atoms with Gasteiger partial charge in [-0.15, -0.1) is 0 Å². The van der Waals surface area contributed by atoms with E-state index in [1.165, 1.54) is 12.2 Å². The highest BCUT2D eigenvalue weighted by atomic mass is 19.3. The number of hydrogen-bond donors (Lipinski definition) is 0. The van der Waals surface area contributed by atoms with Gasteiger partial charge in [-0.2, -0.15) is 0 Å². The summed E-state index contributed by atoms with van der Waals surface area (Å²) >= 11 is 0. The fourth-order valence-corrected chi connectivity index (χ4v) is 1.68. The van der Waals surface area contributed by atoms with Crippen molar-refractivity contribution in [3.05, 3.63) is 59.7 Å². The third kappa shape index (κ3) is 3.09. The molecular weight excluding hydrogens is 222 g/mol. The summed E-state index contributed by atoms with van der Waals surface area (Å²) in [4.78, 5) is 11.8. The molecule has 0 saturated carbocycles. The molecule has 0 unspecified atom stereocenters. The van der Waals surface area contributed by atoms with Gasteiger partial charge >= 0.3 is 0 Å². The molecule has 1 aromatic carbocycles. The molecule has 0 atom stereocenters. The molecule has 0 saturated heterocycles. The van der Waals surface area contributed by atoms with Crippen LogP contribution in [0.15, 0.2) is 54.1 Å². The Balaban J connectivity index is 2.04. The molecule has 17 heavy (non-hydrogen) atoms. The number of carbonyl (C=O) groups excluding carboxylic acids is 1. The third-order valence-corrected chi connectivity index (χ3v) is 2.63. The summed E-state index contributed by atoms with van der Waals surface area (Å²) in [6, 6.07) is 9.26. The van der Waals surface area contributed by atoms with E-state index in [1.54, 1.807) is 0 Å². The zero-order valence-electron chi connectivity index (χ0n) is 9.20. The van der Waals surface area contributed by atoms with Crippen LogP contribution in [0.25, 0.3) is 0 Å². The first-order valence-electron chi connectivity index (χ1n) is 5.41. The second-order valence-electron chi connectivity index (χ2n) is 4.04. The number of benzene rings is 1. The molecule has 0 heterocycles. The molecule has 1 aromatic rings. The molecule has 0 aromatic heterocycles. The van der Waals surface area contributed by atoms with Crippen molar-refractivity contribution in [2.24, 2.45) is 0 Å². The van der Waals surface area contributed by atoms with E-state index in [0.29, 0.717) is 5.57 Å². The quantitative estimate of drug-likeness (QED) is 0.784. The predicted octanol–water partition coefficient (Wildman–Crippen LogP) is 3.32. The molecule has 1 nitrogen and oxygen atoms in total. The van der Waals surface area contributed by atoms with Crippen LogP contribution in [0.4, 0.5) is 8.78 Å². The lowest BCUT2D eigenvalue weighted by molar-refractivity contribution is -0.114. The van der Waals surface area contributed by atoms with Gasteiger partial charge in [0, 0.05) is 18.4 Å². The molecule has 1 aliphatic rings. The highest BCUT2D eigenvalue weighted by Gasteiger charge is 2.27. The first kappa shape index (κ1) is 11.7. The first-order valence-corrected chi connectivity index (χ1v) is 5.41. The van der Waals surface area contributed by atoms with Gasteiger partial charge in [0.05, 0.1) is 0 Å². The molecule has 0 amide bonds. The summed E-state index contributed by atoms with van der Waals surface area (Å²) < 4.78 is 25.7. The van der Waals surface area contributed by atoms with Crippen LogP contribution in [-0.4, -0.2) is 11.7 Å². The Bertz CT molecular complexity index is 472. The summed E-state index contributed by atoms with van der Waals surface area (Å²) in [5.74, 6) is -2.93. The Labute approximate surface area is 98.5 Å². The van der Waals surface area contributed by atoms with Crippen LogP contribution in [0.5, 0.6) is 0 Å². The lowest BCUT2D eigenvalue weighted by Gasteiger charge is -2.14. The normalized spacial score (nSPS) is 17.6. The minimum absolute atomic E-state index is 0.122. The van der Waals surface area contributed by atoms with Crippen molar-refractivity contribution in [2.45, 2.75) is 18.8 Å². The largest absolute Gasteiger partial charge is 0.294 e. The van der Waals surface area contributed by atoms with Gasteiger partial charge in [-0.05, 0) is 17.7 Å². The second-order valence-corrected chi connectivity index (χ2v) is 4.04. The Morgan fingerprint density at radius 1 is 1.24 bits per heavy atom. The maximum Gasteiger partial charge on any atom is 0.270 e. The minimum atomic E-state index is -2.81. The predicted molar refractivity (Wildman–Crippen MR) is 61.9 cm³/mol. The first-order chi connectivity index (χ1) is 8.07. The number of carbonyl (C=O) groups is 1.